The molecule has 0 aromatic rings. The summed E-state index contributed by atoms with van der Waals surface area (Å²) in [6.07, 6.45) is 11.4. The Labute approximate surface area is 88.0 Å². The van der Waals surface area contributed by atoms with E-state index in [1.807, 2.05) is 0 Å². The second kappa shape index (κ2) is 4.39. The zero-order chi connectivity index (χ0) is 10.0. The molecule has 0 aliphatic heterocycles. The highest BCUT2D eigenvalue weighted by Gasteiger charge is 2.40. The van der Waals surface area contributed by atoms with Crippen LogP contribution in [-0.2, 0) is 4.57 Å². The fourth-order valence-electron chi connectivity index (χ4n) is 3.50. The van der Waals surface area contributed by atoms with E-state index >= 15 is 0 Å². The molecule has 2 aliphatic rings. The largest absolute Gasteiger partial charge is 0.323 e. The van der Waals surface area contributed by atoms with E-state index in [4.69, 9.17) is 0 Å². The van der Waals surface area contributed by atoms with Gasteiger partial charge in [0.15, 0.2) is 0 Å². The monoisotopic (exact) mass is 214 g/mol. The maximum absolute atomic E-state index is 13.0. The first-order valence-electron chi connectivity index (χ1n) is 6.36. The molecule has 0 spiro atoms. The number of rotatable bonds is 3. The maximum atomic E-state index is 13.0. The van der Waals surface area contributed by atoms with Gasteiger partial charge in [0.2, 0.25) is 0 Å². The van der Waals surface area contributed by atoms with Gasteiger partial charge < -0.3 is 4.57 Å². The minimum atomic E-state index is -1.80. The summed E-state index contributed by atoms with van der Waals surface area (Å²) in [6, 6.07) is 0. The molecule has 82 valence electrons. The van der Waals surface area contributed by atoms with Crippen LogP contribution in [-0.4, -0.2) is 17.5 Å². The van der Waals surface area contributed by atoms with Crippen LogP contribution >= 0.6 is 7.14 Å². The third-order valence-electron chi connectivity index (χ3n) is 4.38. The van der Waals surface area contributed by atoms with Gasteiger partial charge in [0.25, 0.3) is 0 Å². The molecule has 0 bridgehead atoms. The summed E-state index contributed by atoms with van der Waals surface area (Å²) in [4.78, 5) is 0. The van der Waals surface area contributed by atoms with Gasteiger partial charge in [-0.05, 0) is 31.8 Å². The molecule has 2 heteroatoms. The van der Waals surface area contributed by atoms with Crippen LogP contribution in [0.15, 0.2) is 0 Å². The molecular formula is C12H23OP. The van der Waals surface area contributed by atoms with Crippen molar-refractivity contribution in [3.63, 3.8) is 0 Å². The average molecular weight is 214 g/mol. The van der Waals surface area contributed by atoms with Crippen LogP contribution < -0.4 is 0 Å². The zero-order valence-corrected chi connectivity index (χ0v) is 10.3. The van der Waals surface area contributed by atoms with Gasteiger partial charge in [-0.15, -0.1) is 0 Å². The van der Waals surface area contributed by atoms with Crippen LogP contribution in [0.5, 0.6) is 0 Å². The van der Waals surface area contributed by atoms with Crippen molar-refractivity contribution in [3.05, 3.63) is 0 Å². The molecule has 0 N–H and O–H groups in total. The van der Waals surface area contributed by atoms with E-state index in [1.165, 1.54) is 51.4 Å². The lowest BCUT2D eigenvalue weighted by Gasteiger charge is -2.29. The van der Waals surface area contributed by atoms with Crippen LogP contribution in [0.3, 0.4) is 0 Å². The van der Waals surface area contributed by atoms with Crippen LogP contribution in [0.4, 0.5) is 0 Å². The Morgan fingerprint density at radius 1 is 0.929 bits per heavy atom. The van der Waals surface area contributed by atoms with Crippen molar-refractivity contribution >= 4 is 7.14 Å². The lowest BCUT2D eigenvalue weighted by atomic mass is 10.4. The second-order valence-corrected chi connectivity index (χ2v) is 8.85. The van der Waals surface area contributed by atoms with Gasteiger partial charge in [-0.2, -0.15) is 0 Å². The van der Waals surface area contributed by atoms with E-state index in [0.717, 1.165) is 6.16 Å². The smallest absolute Gasteiger partial charge is 0.0933 e. The Hall–Kier alpha value is 0.230. The van der Waals surface area contributed by atoms with E-state index in [0.29, 0.717) is 11.3 Å². The third-order valence-corrected chi connectivity index (χ3v) is 8.87. The molecular weight excluding hydrogens is 191 g/mol. The number of hydrogen-bond donors (Lipinski definition) is 0. The summed E-state index contributed by atoms with van der Waals surface area (Å²) in [7, 11) is -1.80. The third kappa shape index (κ3) is 1.81. The fourth-order valence-corrected chi connectivity index (χ4v) is 7.60. The molecule has 0 unspecified atom stereocenters. The maximum Gasteiger partial charge on any atom is 0.0933 e. The normalized spacial score (nSPS) is 26.1. The van der Waals surface area contributed by atoms with Crippen LogP contribution in [0.25, 0.3) is 0 Å². The van der Waals surface area contributed by atoms with Crippen molar-refractivity contribution < 1.29 is 4.57 Å². The molecule has 2 aliphatic carbocycles. The first-order chi connectivity index (χ1) is 6.77. The van der Waals surface area contributed by atoms with Gasteiger partial charge in [-0.1, -0.05) is 32.6 Å². The molecule has 0 heterocycles. The predicted octanol–water partition coefficient (Wildman–Crippen LogP) is 4.25. The van der Waals surface area contributed by atoms with E-state index in [1.54, 1.807) is 0 Å². The summed E-state index contributed by atoms with van der Waals surface area (Å²) >= 11 is 0. The molecule has 0 saturated heterocycles. The van der Waals surface area contributed by atoms with Crippen LogP contribution in [0, 0.1) is 0 Å². The van der Waals surface area contributed by atoms with E-state index < -0.39 is 7.14 Å². The Morgan fingerprint density at radius 2 is 1.29 bits per heavy atom. The van der Waals surface area contributed by atoms with Crippen LogP contribution in [0.2, 0.25) is 0 Å². The Kier molecular flexibility index (Phi) is 3.37. The minimum absolute atomic E-state index is 0.621. The molecule has 2 rings (SSSR count). The van der Waals surface area contributed by atoms with Crippen molar-refractivity contribution in [3.8, 4) is 0 Å². The molecule has 0 amide bonds. The lowest BCUT2D eigenvalue weighted by molar-refractivity contribution is 0.550. The Morgan fingerprint density at radius 3 is 1.57 bits per heavy atom. The lowest BCUT2D eigenvalue weighted by Crippen LogP contribution is -2.15. The molecule has 0 radical (unpaired) electrons. The molecule has 14 heavy (non-hydrogen) atoms. The second-order valence-electron chi connectivity index (χ2n) is 5.05. The highest BCUT2D eigenvalue weighted by Crippen LogP contribution is 2.63. The topological polar surface area (TPSA) is 17.1 Å². The Balaban J connectivity index is 2.10. The molecule has 2 saturated carbocycles. The molecule has 0 aromatic heterocycles. The highest BCUT2D eigenvalue weighted by molar-refractivity contribution is 7.65. The SMILES string of the molecule is CCP(=O)(C1CCCC1)C1CCCC1. The summed E-state index contributed by atoms with van der Waals surface area (Å²) in [5.74, 6) is 0. The first kappa shape index (κ1) is 10.7. The van der Waals surface area contributed by atoms with Gasteiger partial charge >= 0.3 is 0 Å². The Bertz CT molecular complexity index is 204. The number of hydrogen-bond acceptors (Lipinski definition) is 1. The molecule has 1 nitrogen and oxygen atoms in total. The summed E-state index contributed by atoms with van der Waals surface area (Å²) in [5, 5.41) is 0. The average Bonchev–Trinajstić information content (AvgIpc) is 2.88. The van der Waals surface area contributed by atoms with E-state index in [9.17, 15) is 4.57 Å². The fraction of sp³-hybridized carbons (Fsp3) is 1.00. The van der Waals surface area contributed by atoms with Crippen molar-refractivity contribution in [1.29, 1.82) is 0 Å². The van der Waals surface area contributed by atoms with Gasteiger partial charge in [0, 0.05) is 11.3 Å². The summed E-state index contributed by atoms with van der Waals surface area (Å²) < 4.78 is 13.0. The van der Waals surface area contributed by atoms with Gasteiger partial charge in [0.05, 0.1) is 7.14 Å². The van der Waals surface area contributed by atoms with Crippen molar-refractivity contribution in [1.82, 2.24) is 0 Å². The van der Waals surface area contributed by atoms with E-state index in [2.05, 4.69) is 6.92 Å². The molecule has 0 atom stereocenters. The van der Waals surface area contributed by atoms with Crippen molar-refractivity contribution in [2.24, 2.45) is 0 Å². The first-order valence-corrected chi connectivity index (χ1v) is 8.39. The minimum Gasteiger partial charge on any atom is -0.323 e. The summed E-state index contributed by atoms with van der Waals surface area (Å²) in [6.45, 7) is 2.16. The van der Waals surface area contributed by atoms with Crippen molar-refractivity contribution in [2.45, 2.75) is 69.6 Å². The van der Waals surface area contributed by atoms with Gasteiger partial charge in [-0.25, -0.2) is 0 Å². The summed E-state index contributed by atoms with van der Waals surface area (Å²) in [5.41, 5.74) is 1.24. The van der Waals surface area contributed by atoms with Gasteiger partial charge in [0.1, 0.15) is 0 Å². The van der Waals surface area contributed by atoms with Crippen LogP contribution in [0.1, 0.15) is 58.3 Å². The van der Waals surface area contributed by atoms with Crippen molar-refractivity contribution in [2.75, 3.05) is 6.16 Å². The molecule has 2 fully saturated rings. The highest BCUT2D eigenvalue weighted by atomic mass is 31.2. The molecule has 0 aromatic carbocycles. The van der Waals surface area contributed by atoms with Gasteiger partial charge in [-0.3, -0.25) is 0 Å². The van der Waals surface area contributed by atoms with E-state index in [-0.39, 0.29) is 0 Å². The zero-order valence-electron chi connectivity index (χ0n) is 9.37. The quantitative estimate of drug-likeness (QED) is 0.642. The standard InChI is InChI=1S/C12H23OP/c1-2-14(13,11-7-3-4-8-11)12-9-5-6-10-12/h11-12H,2-10H2,1H3. The predicted molar refractivity (Wildman–Crippen MR) is 62.7 cm³/mol.